The summed E-state index contributed by atoms with van der Waals surface area (Å²) < 4.78 is 0. The molecule has 0 bridgehead atoms. The molecule has 0 N–H and O–H groups in total. The molecule has 2 nitrogen and oxygen atoms in total. The van der Waals surface area contributed by atoms with Crippen molar-refractivity contribution < 1.29 is 0 Å². The Kier molecular flexibility index (Phi) is 4.21. The molecule has 1 unspecified atom stereocenters. The Labute approximate surface area is 118 Å². The molecule has 3 aliphatic rings. The Balaban J connectivity index is 1.52. The third kappa shape index (κ3) is 2.73. The predicted molar refractivity (Wildman–Crippen MR) is 80.4 cm³/mol. The number of thiol groups is 1. The highest BCUT2D eigenvalue weighted by atomic mass is 32.1. The third-order valence-electron chi connectivity index (χ3n) is 5.46. The lowest BCUT2D eigenvalue weighted by Gasteiger charge is -2.32. The Hall–Kier alpha value is 0.270. The van der Waals surface area contributed by atoms with E-state index in [-0.39, 0.29) is 0 Å². The smallest absolute Gasteiger partial charge is 0.0235 e. The summed E-state index contributed by atoms with van der Waals surface area (Å²) in [6.07, 6.45) is 9.97. The van der Waals surface area contributed by atoms with Crippen LogP contribution in [0.2, 0.25) is 0 Å². The van der Waals surface area contributed by atoms with Crippen LogP contribution in [0.25, 0.3) is 0 Å². The quantitative estimate of drug-likeness (QED) is 0.783. The minimum atomic E-state index is 0.559. The van der Waals surface area contributed by atoms with Gasteiger partial charge in [-0.2, -0.15) is 12.6 Å². The lowest BCUT2D eigenvalue weighted by atomic mass is 9.88. The molecule has 1 saturated carbocycles. The zero-order valence-corrected chi connectivity index (χ0v) is 12.5. The van der Waals surface area contributed by atoms with Gasteiger partial charge in [0.1, 0.15) is 0 Å². The maximum atomic E-state index is 4.65. The van der Waals surface area contributed by atoms with Crippen LogP contribution in [-0.4, -0.2) is 54.3 Å². The molecule has 3 heteroatoms. The molecule has 1 aliphatic carbocycles. The van der Waals surface area contributed by atoms with E-state index in [1.54, 1.807) is 0 Å². The van der Waals surface area contributed by atoms with E-state index in [1.807, 2.05) is 0 Å². The van der Waals surface area contributed by atoms with Gasteiger partial charge in [-0.3, -0.25) is 4.90 Å². The van der Waals surface area contributed by atoms with Crippen molar-refractivity contribution in [2.24, 2.45) is 5.41 Å². The van der Waals surface area contributed by atoms with Crippen LogP contribution in [0.1, 0.15) is 44.9 Å². The SMILES string of the molecule is SCC1(CN2CCC(N3CCCC3)C2)CCCC1. The van der Waals surface area contributed by atoms with E-state index in [0.717, 1.165) is 11.8 Å². The zero-order valence-electron chi connectivity index (χ0n) is 11.6. The normalized spacial score (nSPS) is 33.5. The molecule has 2 aliphatic heterocycles. The lowest BCUT2D eigenvalue weighted by Crippen LogP contribution is -2.39. The van der Waals surface area contributed by atoms with E-state index >= 15 is 0 Å². The second kappa shape index (κ2) is 5.72. The molecule has 0 aromatic heterocycles. The first-order chi connectivity index (χ1) is 8.81. The van der Waals surface area contributed by atoms with Gasteiger partial charge in [0.25, 0.3) is 0 Å². The van der Waals surface area contributed by atoms with Crippen molar-refractivity contribution >= 4 is 12.6 Å². The van der Waals surface area contributed by atoms with Crippen LogP contribution in [0, 0.1) is 5.41 Å². The fourth-order valence-electron chi connectivity index (χ4n) is 4.33. The molecule has 0 spiro atoms. The van der Waals surface area contributed by atoms with Crippen molar-refractivity contribution in [1.29, 1.82) is 0 Å². The van der Waals surface area contributed by atoms with Gasteiger partial charge in [-0.05, 0) is 62.9 Å². The number of hydrogen-bond acceptors (Lipinski definition) is 3. The zero-order chi connectivity index (χ0) is 12.4. The van der Waals surface area contributed by atoms with Crippen LogP contribution in [0.3, 0.4) is 0 Å². The number of nitrogens with zero attached hydrogens (tertiary/aromatic N) is 2. The molecule has 3 rings (SSSR count). The van der Waals surface area contributed by atoms with Crippen molar-refractivity contribution in [3.05, 3.63) is 0 Å². The number of likely N-dealkylation sites (tertiary alicyclic amines) is 2. The lowest BCUT2D eigenvalue weighted by molar-refractivity contribution is 0.179. The van der Waals surface area contributed by atoms with Gasteiger partial charge >= 0.3 is 0 Å². The predicted octanol–water partition coefficient (Wildman–Crippen LogP) is 2.65. The largest absolute Gasteiger partial charge is 0.301 e. The average molecular weight is 268 g/mol. The first-order valence-electron chi connectivity index (χ1n) is 7.89. The summed E-state index contributed by atoms with van der Waals surface area (Å²) in [4.78, 5) is 5.48. The molecule has 2 heterocycles. The van der Waals surface area contributed by atoms with E-state index < -0.39 is 0 Å². The number of hydrogen-bond donors (Lipinski definition) is 1. The Morgan fingerprint density at radius 2 is 1.72 bits per heavy atom. The van der Waals surface area contributed by atoms with E-state index in [4.69, 9.17) is 0 Å². The van der Waals surface area contributed by atoms with Gasteiger partial charge in [0.15, 0.2) is 0 Å². The van der Waals surface area contributed by atoms with Crippen molar-refractivity contribution in [3.8, 4) is 0 Å². The van der Waals surface area contributed by atoms with Gasteiger partial charge in [0.05, 0.1) is 0 Å². The van der Waals surface area contributed by atoms with Crippen LogP contribution in [-0.2, 0) is 0 Å². The summed E-state index contributed by atoms with van der Waals surface area (Å²) in [5, 5.41) is 0. The van der Waals surface area contributed by atoms with E-state index in [2.05, 4.69) is 22.4 Å². The van der Waals surface area contributed by atoms with Gasteiger partial charge in [-0.1, -0.05) is 12.8 Å². The maximum Gasteiger partial charge on any atom is 0.0235 e. The molecule has 2 saturated heterocycles. The van der Waals surface area contributed by atoms with Crippen molar-refractivity contribution in [1.82, 2.24) is 9.80 Å². The van der Waals surface area contributed by atoms with Crippen molar-refractivity contribution in [2.45, 2.75) is 51.0 Å². The Bertz CT molecular complexity index is 270. The number of rotatable bonds is 4. The molecule has 18 heavy (non-hydrogen) atoms. The summed E-state index contributed by atoms with van der Waals surface area (Å²) in [6.45, 7) is 6.69. The molecule has 0 aromatic rings. The molecule has 0 amide bonds. The van der Waals surface area contributed by atoms with E-state index in [9.17, 15) is 0 Å². The van der Waals surface area contributed by atoms with Crippen LogP contribution < -0.4 is 0 Å². The second-order valence-electron chi connectivity index (χ2n) is 6.79. The molecular formula is C15H28N2S. The first kappa shape index (κ1) is 13.3. The monoisotopic (exact) mass is 268 g/mol. The molecular weight excluding hydrogens is 240 g/mol. The van der Waals surface area contributed by atoms with Crippen LogP contribution in [0.15, 0.2) is 0 Å². The molecule has 0 aromatic carbocycles. The van der Waals surface area contributed by atoms with Gasteiger partial charge in [-0.15, -0.1) is 0 Å². The van der Waals surface area contributed by atoms with Gasteiger partial charge in [0, 0.05) is 19.1 Å². The average Bonchev–Trinajstić information content (AvgIpc) is 3.10. The highest BCUT2D eigenvalue weighted by Gasteiger charge is 2.37. The highest BCUT2D eigenvalue weighted by Crippen LogP contribution is 2.40. The summed E-state index contributed by atoms with van der Waals surface area (Å²) in [5.41, 5.74) is 0.559. The molecule has 0 radical (unpaired) electrons. The summed E-state index contributed by atoms with van der Waals surface area (Å²) in [5.74, 6) is 1.10. The van der Waals surface area contributed by atoms with Crippen molar-refractivity contribution in [2.75, 3.05) is 38.5 Å². The van der Waals surface area contributed by atoms with Gasteiger partial charge in [0.2, 0.25) is 0 Å². The van der Waals surface area contributed by atoms with Crippen molar-refractivity contribution in [3.63, 3.8) is 0 Å². The van der Waals surface area contributed by atoms with Crippen LogP contribution >= 0.6 is 12.6 Å². The summed E-state index contributed by atoms with van der Waals surface area (Å²) >= 11 is 4.65. The Morgan fingerprint density at radius 3 is 2.39 bits per heavy atom. The van der Waals surface area contributed by atoms with E-state index in [0.29, 0.717) is 5.41 Å². The topological polar surface area (TPSA) is 6.48 Å². The van der Waals surface area contributed by atoms with Crippen LogP contribution in [0.4, 0.5) is 0 Å². The van der Waals surface area contributed by atoms with E-state index in [1.165, 1.54) is 77.7 Å². The molecule has 3 fully saturated rings. The summed E-state index contributed by atoms with van der Waals surface area (Å²) in [7, 11) is 0. The minimum Gasteiger partial charge on any atom is -0.301 e. The Morgan fingerprint density at radius 1 is 1.00 bits per heavy atom. The van der Waals surface area contributed by atoms with Crippen LogP contribution in [0.5, 0.6) is 0 Å². The standard InChI is InChI=1S/C15H28N2S/c18-13-15(6-1-2-7-15)12-16-10-5-14(11-16)17-8-3-4-9-17/h14,18H,1-13H2. The highest BCUT2D eigenvalue weighted by molar-refractivity contribution is 7.80. The molecule has 1 atom stereocenters. The van der Waals surface area contributed by atoms with Gasteiger partial charge in [-0.25, -0.2) is 0 Å². The first-order valence-corrected chi connectivity index (χ1v) is 8.52. The van der Waals surface area contributed by atoms with Gasteiger partial charge < -0.3 is 4.90 Å². The fraction of sp³-hybridized carbons (Fsp3) is 1.00. The molecule has 104 valence electrons. The second-order valence-corrected chi connectivity index (χ2v) is 7.10. The summed E-state index contributed by atoms with van der Waals surface area (Å²) in [6, 6.07) is 0.867. The minimum absolute atomic E-state index is 0.559. The fourth-order valence-corrected chi connectivity index (χ4v) is 4.74. The maximum absolute atomic E-state index is 4.65. The third-order valence-corrected chi connectivity index (χ3v) is 6.13.